The molecule has 0 aliphatic heterocycles. The average molecular weight is 473 g/mol. The maximum atomic E-state index is 12.3. The molecule has 0 spiro atoms. The van der Waals surface area contributed by atoms with Crippen molar-refractivity contribution < 1.29 is 19.1 Å². The summed E-state index contributed by atoms with van der Waals surface area (Å²) in [5.41, 5.74) is 6.64. The summed E-state index contributed by atoms with van der Waals surface area (Å²) in [5.74, 6) is -1.45. The van der Waals surface area contributed by atoms with Gasteiger partial charge in [0.25, 0.3) is 5.91 Å². The molecule has 0 bridgehead atoms. The van der Waals surface area contributed by atoms with Crippen LogP contribution in [0.4, 0.5) is 5.69 Å². The minimum absolute atomic E-state index is 0.156. The van der Waals surface area contributed by atoms with Crippen LogP contribution in [0.25, 0.3) is 0 Å². The van der Waals surface area contributed by atoms with Crippen LogP contribution in [0, 0.1) is 6.92 Å². The normalized spacial score (nSPS) is 10.6. The largest absolute Gasteiger partial charge is 0.484 e. The molecule has 180 valence electrons. The Bertz CT molecular complexity index is 1210. The molecule has 0 saturated carbocycles. The van der Waals surface area contributed by atoms with E-state index in [1.165, 1.54) is 6.21 Å². The number of nitrogens with zero attached hydrogens (tertiary/aromatic N) is 1. The Morgan fingerprint density at radius 1 is 0.943 bits per heavy atom. The van der Waals surface area contributed by atoms with Gasteiger partial charge in [0.1, 0.15) is 5.75 Å². The second-order valence-corrected chi connectivity index (χ2v) is 7.79. The molecule has 0 heterocycles. The number of hydrazone groups is 1. The first kappa shape index (κ1) is 25.2. The zero-order valence-corrected chi connectivity index (χ0v) is 19.7. The lowest BCUT2D eigenvalue weighted by Crippen LogP contribution is -2.37. The van der Waals surface area contributed by atoms with Crippen molar-refractivity contribution in [1.82, 2.24) is 10.7 Å². The molecule has 0 atom stereocenters. The van der Waals surface area contributed by atoms with Gasteiger partial charge in [-0.25, -0.2) is 5.43 Å². The molecule has 0 unspecified atom stereocenters. The van der Waals surface area contributed by atoms with Crippen molar-refractivity contribution in [3.63, 3.8) is 0 Å². The predicted molar refractivity (Wildman–Crippen MR) is 135 cm³/mol. The van der Waals surface area contributed by atoms with Crippen LogP contribution >= 0.6 is 0 Å². The van der Waals surface area contributed by atoms with E-state index in [2.05, 4.69) is 21.2 Å². The van der Waals surface area contributed by atoms with E-state index in [0.29, 0.717) is 11.3 Å². The monoisotopic (exact) mass is 472 g/mol. The van der Waals surface area contributed by atoms with Gasteiger partial charge in [0.15, 0.2) is 6.61 Å². The van der Waals surface area contributed by atoms with Gasteiger partial charge < -0.3 is 15.4 Å². The lowest BCUT2D eigenvalue weighted by atomic mass is 10.1. The third-order valence-electron chi connectivity index (χ3n) is 5.06. The van der Waals surface area contributed by atoms with E-state index >= 15 is 0 Å². The number of hydrogen-bond donors (Lipinski definition) is 3. The van der Waals surface area contributed by atoms with Crippen LogP contribution in [0.1, 0.15) is 29.2 Å². The Hall–Kier alpha value is -4.46. The summed E-state index contributed by atoms with van der Waals surface area (Å²) in [6.45, 7) is 4.08. The molecule has 8 heteroatoms. The van der Waals surface area contributed by atoms with Crippen LogP contribution in [0.3, 0.4) is 0 Å². The number of aryl methyl sites for hydroxylation is 2. The lowest BCUT2D eigenvalue weighted by Gasteiger charge is -2.10. The quantitative estimate of drug-likeness (QED) is 0.252. The smallest absolute Gasteiger partial charge is 0.329 e. The maximum absolute atomic E-state index is 12.3. The number of rotatable bonds is 9. The van der Waals surface area contributed by atoms with Gasteiger partial charge in [0.05, 0.1) is 6.21 Å². The fourth-order valence-electron chi connectivity index (χ4n) is 3.16. The van der Waals surface area contributed by atoms with E-state index < -0.39 is 11.8 Å². The van der Waals surface area contributed by atoms with Crippen LogP contribution < -0.4 is 20.8 Å². The van der Waals surface area contributed by atoms with Gasteiger partial charge in [-0.2, -0.15) is 5.10 Å². The fraction of sp³-hybridized carbons (Fsp3) is 0.185. The molecule has 0 saturated heterocycles. The van der Waals surface area contributed by atoms with E-state index in [1.54, 1.807) is 24.3 Å². The first-order chi connectivity index (χ1) is 16.9. The minimum Gasteiger partial charge on any atom is -0.484 e. The summed E-state index contributed by atoms with van der Waals surface area (Å²) in [7, 11) is 0. The Kier molecular flexibility index (Phi) is 9.13. The second-order valence-electron chi connectivity index (χ2n) is 7.79. The Labute approximate surface area is 204 Å². The van der Waals surface area contributed by atoms with Crippen LogP contribution in [0.5, 0.6) is 5.75 Å². The molecule has 3 N–H and O–H groups in total. The molecule has 3 aromatic carbocycles. The molecule has 0 fully saturated rings. The number of carbonyl (C=O) groups excluding carboxylic acids is 3. The third-order valence-corrected chi connectivity index (χ3v) is 5.06. The highest BCUT2D eigenvalue weighted by molar-refractivity contribution is 6.35. The van der Waals surface area contributed by atoms with E-state index in [-0.39, 0.29) is 19.1 Å². The van der Waals surface area contributed by atoms with Crippen LogP contribution in [-0.2, 0) is 27.3 Å². The van der Waals surface area contributed by atoms with E-state index in [0.717, 1.165) is 28.8 Å². The van der Waals surface area contributed by atoms with Crippen molar-refractivity contribution in [3.8, 4) is 5.75 Å². The number of amides is 3. The van der Waals surface area contributed by atoms with Crippen molar-refractivity contribution in [1.29, 1.82) is 0 Å². The highest BCUT2D eigenvalue weighted by Crippen LogP contribution is 2.16. The molecule has 0 aliphatic rings. The molecule has 0 aromatic heterocycles. The zero-order chi connectivity index (χ0) is 25.0. The molecular formula is C27H28N4O4. The molecule has 3 aromatic rings. The summed E-state index contributed by atoms with van der Waals surface area (Å²) in [6, 6.07) is 22.1. The highest BCUT2D eigenvalue weighted by atomic mass is 16.5. The summed E-state index contributed by atoms with van der Waals surface area (Å²) in [5, 5.41) is 9.22. The van der Waals surface area contributed by atoms with Gasteiger partial charge >= 0.3 is 11.8 Å². The fourth-order valence-corrected chi connectivity index (χ4v) is 3.16. The summed E-state index contributed by atoms with van der Waals surface area (Å²) < 4.78 is 5.58. The van der Waals surface area contributed by atoms with Crippen molar-refractivity contribution in [3.05, 3.63) is 95.1 Å². The molecule has 0 radical (unpaired) electrons. The number of nitrogens with one attached hydrogen (secondary N) is 3. The number of ether oxygens (including phenoxy) is 1. The van der Waals surface area contributed by atoms with Crippen molar-refractivity contribution >= 4 is 29.6 Å². The highest BCUT2D eigenvalue weighted by Gasteiger charge is 2.12. The van der Waals surface area contributed by atoms with Crippen molar-refractivity contribution in [2.24, 2.45) is 5.10 Å². The molecule has 3 rings (SSSR count). The topological polar surface area (TPSA) is 109 Å². The number of carbonyl (C=O) groups is 3. The standard InChI is InChI=1S/C27H28N4O4/c1-3-22-8-4-5-10-24(22)30-25(32)18-35-23-9-6-7-21(15-23)17-29-31-27(34)26(33)28-16-20-13-11-19(2)12-14-20/h4-15,17H,3,16,18H2,1-2H3,(H,28,33)(H,30,32)(H,31,34)/b29-17-. The van der Waals surface area contributed by atoms with Crippen LogP contribution in [0.2, 0.25) is 0 Å². The second kappa shape index (κ2) is 12.7. The number of anilines is 1. The van der Waals surface area contributed by atoms with Gasteiger partial charge in [0, 0.05) is 12.2 Å². The van der Waals surface area contributed by atoms with E-state index in [9.17, 15) is 14.4 Å². The molecule has 35 heavy (non-hydrogen) atoms. The van der Waals surface area contributed by atoms with Crippen LogP contribution in [0.15, 0.2) is 77.9 Å². The average Bonchev–Trinajstić information content (AvgIpc) is 2.87. The minimum atomic E-state index is -0.871. The summed E-state index contributed by atoms with van der Waals surface area (Å²) in [4.78, 5) is 36.1. The zero-order valence-electron chi connectivity index (χ0n) is 19.7. The van der Waals surface area contributed by atoms with Crippen molar-refractivity contribution in [2.45, 2.75) is 26.8 Å². The maximum Gasteiger partial charge on any atom is 0.329 e. The van der Waals surface area contributed by atoms with Crippen molar-refractivity contribution in [2.75, 3.05) is 11.9 Å². The Morgan fingerprint density at radius 2 is 1.71 bits per heavy atom. The first-order valence-corrected chi connectivity index (χ1v) is 11.2. The number of para-hydroxylation sites is 1. The number of benzene rings is 3. The number of hydrogen-bond acceptors (Lipinski definition) is 5. The predicted octanol–water partition coefficient (Wildman–Crippen LogP) is 3.34. The summed E-state index contributed by atoms with van der Waals surface area (Å²) in [6.07, 6.45) is 2.19. The first-order valence-electron chi connectivity index (χ1n) is 11.2. The van der Waals surface area contributed by atoms with Gasteiger partial charge in [-0.05, 0) is 48.2 Å². The summed E-state index contributed by atoms with van der Waals surface area (Å²) >= 11 is 0. The lowest BCUT2D eigenvalue weighted by molar-refractivity contribution is -0.139. The molecule has 8 nitrogen and oxygen atoms in total. The molecule has 0 aliphatic carbocycles. The molecular weight excluding hydrogens is 444 g/mol. The van der Waals surface area contributed by atoms with Crippen LogP contribution in [-0.4, -0.2) is 30.5 Å². The SMILES string of the molecule is CCc1ccccc1NC(=O)COc1cccc(/C=N\NC(=O)C(=O)NCc2ccc(C)cc2)c1. The Morgan fingerprint density at radius 3 is 2.49 bits per heavy atom. The molecule has 3 amide bonds. The van der Waals surface area contributed by atoms with E-state index in [4.69, 9.17) is 4.74 Å². The van der Waals surface area contributed by atoms with E-state index in [1.807, 2.05) is 62.4 Å². The third kappa shape index (κ3) is 8.12. The van der Waals surface area contributed by atoms with Gasteiger partial charge in [-0.3, -0.25) is 14.4 Å². The Balaban J connectivity index is 1.45. The van der Waals surface area contributed by atoms with Gasteiger partial charge in [-0.15, -0.1) is 0 Å². The van der Waals surface area contributed by atoms with Gasteiger partial charge in [-0.1, -0.05) is 67.1 Å². The van der Waals surface area contributed by atoms with Gasteiger partial charge in [0.2, 0.25) is 0 Å².